The third-order valence-electron chi connectivity index (χ3n) is 5.22. The lowest BCUT2D eigenvalue weighted by atomic mass is 9.91. The highest BCUT2D eigenvalue weighted by Crippen LogP contribution is 2.39. The summed E-state index contributed by atoms with van der Waals surface area (Å²) < 4.78 is 0. The van der Waals surface area contributed by atoms with Crippen LogP contribution in [0.15, 0.2) is 60.1 Å². The first-order chi connectivity index (χ1) is 13.8. The minimum Gasteiger partial charge on any atom is -0.503 e. The highest BCUT2D eigenvalue weighted by molar-refractivity contribution is 6.09. The summed E-state index contributed by atoms with van der Waals surface area (Å²) in [4.78, 5) is 31.5. The van der Waals surface area contributed by atoms with Crippen molar-refractivity contribution in [3.8, 4) is 0 Å². The Kier molecular flexibility index (Phi) is 6.16. The number of hydrogen-bond acceptors (Lipinski definition) is 4. The predicted octanol–water partition coefficient (Wildman–Crippen LogP) is 4.72. The molecule has 1 aromatic carbocycles. The van der Waals surface area contributed by atoms with E-state index >= 15 is 0 Å². The van der Waals surface area contributed by atoms with Gasteiger partial charge in [0.15, 0.2) is 11.5 Å². The molecule has 0 bridgehead atoms. The number of aromatic nitrogens is 1. The van der Waals surface area contributed by atoms with Gasteiger partial charge >= 0.3 is 0 Å². The third-order valence-corrected chi connectivity index (χ3v) is 5.22. The van der Waals surface area contributed by atoms with Crippen LogP contribution in [0.2, 0.25) is 0 Å². The quantitative estimate of drug-likeness (QED) is 0.740. The maximum absolute atomic E-state index is 13.0. The van der Waals surface area contributed by atoms with E-state index in [1.165, 1.54) is 5.56 Å². The zero-order valence-corrected chi connectivity index (χ0v) is 17.4. The average Bonchev–Trinajstić information content (AvgIpc) is 2.93. The van der Waals surface area contributed by atoms with Gasteiger partial charge in [0.2, 0.25) is 0 Å². The monoisotopic (exact) mass is 392 g/mol. The number of carbonyl (C=O) groups is 2. The van der Waals surface area contributed by atoms with Crippen molar-refractivity contribution in [3.63, 3.8) is 0 Å². The zero-order valence-electron chi connectivity index (χ0n) is 17.4. The van der Waals surface area contributed by atoms with Crippen molar-refractivity contribution in [1.82, 2.24) is 9.88 Å². The number of aliphatic hydroxyl groups excluding tert-OH is 1. The predicted molar refractivity (Wildman–Crippen MR) is 112 cm³/mol. The first-order valence-corrected chi connectivity index (χ1v) is 10.1. The molecule has 1 aliphatic heterocycles. The number of rotatable bonds is 7. The fourth-order valence-electron chi connectivity index (χ4n) is 3.68. The van der Waals surface area contributed by atoms with Gasteiger partial charge in [0.25, 0.3) is 5.91 Å². The first-order valence-electron chi connectivity index (χ1n) is 10.1. The van der Waals surface area contributed by atoms with Gasteiger partial charge in [-0.2, -0.15) is 0 Å². The van der Waals surface area contributed by atoms with E-state index in [9.17, 15) is 14.7 Å². The van der Waals surface area contributed by atoms with Crippen molar-refractivity contribution in [2.24, 2.45) is 5.92 Å². The van der Waals surface area contributed by atoms with Crippen molar-refractivity contribution in [2.75, 3.05) is 0 Å². The standard InChI is InChI=1S/C24H28N2O3/c1-15(2)13-20(27)21-22(19-7-5-18(6-8-19)16(3)4)26(24(29)23(21)28)14-17-9-11-25-12-10-17/h5-12,15-16,22,28H,13-14H2,1-4H3. The van der Waals surface area contributed by atoms with Crippen LogP contribution in [0.4, 0.5) is 0 Å². The van der Waals surface area contributed by atoms with Gasteiger partial charge in [0.05, 0.1) is 11.6 Å². The van der Waals surface area contributed by atoms with E-state index in [0.29, 0.717) is 12.5 Å². The second kappa shape index (κ2) is 8.60. The topological polar surface area (TPSA) is 70.5 Å². The number of aliphatic hydroxyl groups is 1. The smallest absolute Gasteiger partial charge is 0.290 e. The Hall–Kier alpha value is -2.95. The van der Waals surface area contributed by atoms with Crippen LogP contribution in [-0.4, -0.2) is 26.7 Å². The molecule has 3 rings (SSSR count). The van der Waals surface area contributed by atoms with Crippen LogP contribution < -0.4 is 0 Å². The van der Waals surface area contributed by atoms with Gasteiger partial charge in [-0.25, -0.2) is 0 Å². The molecule has 5 nitrogen and oxygen atoms in total. The fourth-order valence-corrected chi connectivity index (χ4v) is 3.68. The Morgan fingerprint density at radius 2 is 1.69 bits per heavy atom. The van der Waals surface area contributed by atoms with Gasteiger partial charge in [-0.1, -0.05) is 52.0 Å². The van der Waals surface area contributed by atoms with Gasteiger partial charge in [-0.15, -0.1) is 0 Å². The van der Waals surface area contributed by atoms with Crippen LogP contribution in [0.3, 0.4) is 0 Å². The number of carbonyl (C=O) groups excluding carboxylic acids is 2. The molecule has 0 spiro atoms. The third kappa shape index (κ3) is 4.39. The highest BCUT2D eigenvalue weighted by atomic mass is 16.3. The van der Waals surface area contributed by atoms with E-state index in [1.54, 1.807) is 17.3 Å². The van der Waals surface area contributed by atoms with Gasteiger partial charge in [-0.05, 0) is 40.7 Å². The Balaban J connectivity index is 2.03. The lowest BCUT2D eigenvalue weighted by Gasteiger charge is -2.27. The summed E-state index contributed by atoms with van der Waals surface area (Å²) in [5.41, 5.74) is 3.10. The summed E-state index contributed by atoms with van der Waals surface area (Å²) in [7, 11) is 0. The lowest BCUT2D eigenvalue weighted by molar-refractivity contribution is -0.130. The van der Waals surface area contributed by atoms with Crippen molar-refractivity contribution in [3.05, 3.63) is 76.8 Å². The Morgan fingerprint density at radius 3 is 2.24 bits per heavy atom. The molecule has 2 heterocycles. The Labute approximate surface area is 172 Å². The van der Waals surface area contributed by atoms with E-state index in [-0.39, 0.29) is 23.7 Å². The number of hydrogen-bond donors (Lipinski definition) is 1. The Morgan fingerprint density at radius 1 is 1.07 bits per heavy atom. The molecule has 5 heteroatoms. The summed E-state index contributed by atoms with van der Waals surface area (Å²) in [6.45, 7) is 8.43. The van der Waals surface area contributed by atoms with Crippen LogP contribution >= 0.6 is 0 Å². The number of nitrogens with zero attached hydrogens (tertiary/aromatic N) is 2. The molecule has 0 saturated heterocycles. The second-order valence-electron chi connectivity index (χ2n) is 8.30. The van der Waals surface area contributed by atoms with Crippen molar-refractivity contribution < 1.29 is 14.7 Å². The molecule has 1 aliphatic rings. The molecule has 0 aliphatic carbocycles. The minimum atomic E-state index is -0.594. The first kappa shape index (κ1) is 20.8. The molecule has 29 heavy (non-hydrogen) atoms. The maximum atomic E-state index is 13.0. The lowest BCUT2D eigenvalue weighted by Crippen LogP contribution is -2.30. The molecule has 1 aromatic heterocycles. The van der Waals surface area contributed by atoms with Gasteiger partial charge in [0.1, 0.15) is 0 Å². The molecule has 2 aromatic rings. The molecule has 1 N–H and O–H groups in total. The van der Waals surface area contributed by atoms with Crippen molar-refractivity contribution >= 4 is 11.7 Å². The van der Waals surface area contributed by atoms with E-state index in [1.807, 2.05) is 50.2 Å². The number of amides is 1. The van der Waals surface area contributed by atoms with Crippen LogP contribution in [0.5, 0.6) is 0 Å². The van der Waals surface area contributed by atoms with Crippen molar-refractivity contribution in [2.45, 2.75) is 52.6 Å². The fraction of sp³-hybridized carbons (Fsp3) is 0.375. The summed E-state index contributed by atoms with van der Waals surface area (Å²) in [5, 5.41) is 10.6. The number of Topliss-reactive ketones (excluding diaryl/α,β-unsaturated/α-hetero) is 1. The molecule has 1 unspecified atom stereocenters. The summed E-state index contributed by atoms with van der Waals surface area (Å²) in [5.74, 6) is -0.597. The summed E-state index contributed by atoms with van der Waals surface area (Å²) in [6.07, 6.45) is 3.62. The van der Waals surface area contributed by atoms with E-state index in [0.717, 1.165) is 11.1 Å². The summed E-state index contributed by atoms with van der Waals surface area (Å²) >= 11 is 0. The van der Waals surface area contributed by atoms with Gasteiger partial charge in [-0.3, -0.25) is 14.6 Å². The Bertz CT molecular complexity index is 915. The number of ketones is 1. The summed E-state index contributed by atoms with van der Waals surface area (Å²) in [6, 6.07) is 11.0. The van der Waals surface area contributed by atoms with Crippen molar-refractivity contribution in [1.29, 1.82) is 0 Å². The average molecular weight is 392 g/mol. The van der Waals surface area contributed by atoms with Crippen LogP contribution in [0.25, 0.3) is 0 Å². The molecule has 0 fully saturated rings. The second-order valence-corrected chi connectivity index (χ2v) is 8.30. The number of benzene rings is 1. The van der Waals surface area contributed by atoms with Crippen LogP contribution in [0, 0.1) is 5.92 Å². The van der Waals surface area contributed by atoms with Crippen LogP contribution in [-0.2, 0) is 16.1 Å². The van der Waals surface area contributed by atoms with Crippen LogP contribution in [0.1, 0.15) is 62.8 Å². The number of pyridine rings is 1. The molecule has 1 atom stereocenters. The molecule has 0 saturated carbocycles. The zero-order chi connectivity index (χ0) is 21.1. The normalized spacial score (nSPS) is 17.0. The maximum Gasteiger partial charge on any atom is 0.290 e. The van der Waals surface area contributed by atoms with E-state index in [4.69, 9.17) is 0 Å². The highest BCUT2D eigenvalue weighted by Gasteiger charge is 2.43. The van der Waals surface area contributed by atoms with Gasteiger partial charge < -0.3 is 10.0 Å². The van der Waals surface area contributed by atoms with E-state index in [2.05, 4.69) is 18.8 Å². The molecular weight excluding hydrogens is 364 g/mol. The van der Waals surface area contributed by atoms with Gasteiger partial charge in [0, 0.05) is 25.4 Å². The molecule has 1 amide bonds. The molecular formula is C24H28N2O3. The molecule has 152 valence electrons. The SMILES string of the molecule is CC(C)CC(=O)C1=C(O)C(=O)N(Cc2ccncc2)C1c1ccc(C(C)C)cc1. The molecule has 0 radical (unpaired) electrons. The van der Waals surface area contributed by atoms with E-state index < -0.39 is 17.7 Å². The largest absolute Gasteiger partial charge is 0.503 e. The minimum absolute atomic E-state index is 0.135.